The van der Waals surface area contributed by atoms with Crippen LogP contribution in [-0.4, -0.2) is 98.5 Å². The van der Waals surface area contributed by atoms with Crippen LogP contribution in [0.5, 0.6) is 0 Å². The van der Waals surface area contributed by atoms with Gasteiger partial charge >= 0.3 is 12.1 Å². The molecule has 3 N–H and O–H groups in total. The van der Waals surface area contributed by atoms with Crippen LogP contribution in [0.1, 0.15) is 56.2 Å². The summed E-state index contributed by atoms with van der Waals surface area (Å²) in [6.45, 7) is 6.03. The number of ether oxygens (including phenoxy) is 1. The molecule has 13 nitrogen and oxygen atoms in total. The first-order valence-electron chi connectivity index (χ1n) is 13.5. The van der Waals surface area contributed by atoms with Gasteiger partial charge in [-0.15, -0.1) is 5.06 Å². The van der Waals surface area contributed by atoms with E-state index in [0.29, 0.717) is 29.9 Å². The van der Waals surface area contributed by atoms with Crippen molar-refractivity contribution in [3.63, 3.8) is 0 Å². The predicted molar refractivity (Wildman–Crippen MR) is 146 cm³/mol. The van der Waals surface area contributed by atoms with Crippen LogP contribution in [0.15, 0.2) is 36.4 Å². The number of benzene rings is 1. The minimum atomic E-state index is -1.12. The van der Waals surface area contributed by atoms with Gasteiger partial charge in [0.2, 0.25) is 5.91 Å². The number of hydrogen-bond donors (Lipinski definition) is 3. The molecule has 0 radical (unpaired) electrons. The summed E-state index contributed by atoms with van der Waals surface area (Å²) in [6, 6.07) is 9.49. The van der Waals surface area contributed by atoms with Gasteiger partial charge in [0.25, 0.3) is 5.91 Å². The smallest absolute Gasteiger partial charge is 0.481 e. The average Bonchev–Trinajstić information content (AvgIpc) is 2.94. The van der Waals surface area contributed by atoms with Gasteiger partial charge in [-0.3, -0.25) is 14.4 Å². The number of aliphatic carboxylic acids is 1. The summed E-state index contributed by atoms with van der Waals surface area (Å²) in [5, 5.41) is 23.5. The van der Waals surface area contributed by atoms with Gasteiger partial charge < -0.3 is 30.0 Å². The first-order valence-corrected chi connectivity index (χ1v) is 13.5. The molecule has 222 valence electrons. The minimum Gasteiger partial charge on any atom is -0.481 e. The fourth-order valence-corrected chi connectivity index (χ4v) is 4.12. The predicted octanol–water partition coefficient (Wildman–Crippen LogP) is 2.04. The number of carboxylic acids is 1. The summed E-state index contributed by atoms with van der Waals surface area (Å²) in [5.41, 5.74) is 0.302. The van der Waals surface area contributed by atoms with Gasteiger partial charge in [-0.25, -0.2) is 14.8 Å². The Morgan fingerprint density at radius 1 is 1.07 bits per heavy atom. The summed E-state index contributed by atoms with van der Waals surface area (Å²) in [5.74, 6) is -1.89. The summed E-state index contributed by atoms with van der Waals surface area (Å²) in [7, 11) is 0. The third-order valence-corrected chi connectivity index (χ3v) is 6.30. The van der Waals surface area contributed by atoms with Crippen LogP contribution in [0.3, 0.4) is 0 Å². The molecule has 3 rings (SSSR count). The van der Waals surface area contributed by atoms with Gasteiger partial charge in [-0.05, 0) is 46.1 Å². The van der Waals surface area contributed by atoms with Gasteiger partial charge in [0, 0.05) is 30.8 Å². The lowest BCUT2D eigenvalue weighted by atomic mass is 10.0. The molecule has 2 amide bonds. The zero-order valence-corrected chi connectivity index (χ0v) is 23.5. The largest absolute Gasteiger partial charge is 0.527 e. The molecular formula is C28H37N5O8. The molecule has 41 heavy (non-hydrogen) atoms. The highest BCUT2D eigenvalue weighted by Crippen LogP contribution is 2.19. The lowest BCUT2D eigenvalue weighted by Gasteiger charge is -2.35. The summed E-state index contributed by atoms with van der Waals surface area (Å²) in [6.07, 6.45) is -0.517. The van der Waals surface area contributed by atoms with E-state index in [-0.39, 0.29) is 51.3 Å². The van der Waals surface area contributed by atoms with Crippen molar-refractivity contribution in [1.82, 2.24) is 25.2 Å². The maximum atomic E-state index is 13.4. The normalized spacial score (nSPS) is 14.7. The maximum absolute atomic E-state index is 13.4. The molecule has 1 aromatic heterocycles. The van der Waals surface area contributed by atoms with Crippen molar-refractivity contribution in [2.24, 2.45) is 0 Å². The number of nitrogens with zero attached hydrogens (tertiary/aromatic N) is 4. The number of piperazine rings is 1. The van der Waals surface area contributed by atoms with Gasteiger partial charge in [0.05, 0.1) is 25.3 Å². The number of carboxylic acid groups (broad SMARTS) is 1. The third-order valence-electron chi connectivity index (χ3n) is 6.30. The highest BCUT2D eigenvalue weighted by atomic mass is 16.8. The highest BCUT2D eigenvalue weighted by Gasteiger charge is 2.31. The van der Waals surface area contributed by atoms with E-state index < -0.39 is 35.6 Å². The molecule has 0 unspecified atom stereocenters. The SMILES string of the molecule is CCOC(=O)ON1CCN(C(=O)[C@H](CCC(=O)O)NC(=O)c2cc(CCC(C)(C)O)nc(-c3ccccc3)n2)CC1. The van der Waals surface area contributed by atoms with E-state index in [0.717, 1.165) is 0 Å². The van der Waals surface area contributed by atoms with E-state index in [4.69, 9.17) is 9.57 Å². The Morgan fingerprint density at radius 2 is 1.76 bits per heavy atom. The number of aryl methyl sites for hydroxylation is 1. The van der Waals surface area contributed by atoms with Crippen molar-refractivity contribution in [3.05, 3.63) is 47.8 Å². The number of hydroxylamine groups is 2. The fraction of sp³-hybridized carbons (Fsp3) is 0.500. The van der Waals surface area contributed by atoms with Gasteiger partial charge in [-0.2, -0.15) is 0 Å². The molecule has 0 aliphatic carbocycles. The standard InChI is InChI=1S/C28H37N5O8/c1-4-40-27(38)41-33-16-14-32(15-17-33)26(37)21(10-11-23(34)35)31-25(36)22-18-20(12-13-28(2,3)39)29-24(30-22)19-8-6-5-7-9-19/h5-9,18,21,39H,4,10-17H2,1-3H3,(H,31,36)(H,34,35)/t21-/m0/s1. The zero-order chi connectivity index (χ0) is 30.0. The topological polar surface area (TPSA) is 171 Å². The number of aliphatic hydroxyl groups is 1. The van der Waals surface area contributed by atoms with Crippen molar-refractivity contribution in [1.29, 1.82) is 0 Å². The lowest BCUT2D eigenvalue weighted by Crippen LogP contribution is -2.55. The Kier molecular flexibility index (Phi) is 11.1. The van der Waals surface area contributed by atoms with Crippen molar-refractivity contribution >= 4 is 23.9 Å². The van der Waals surface area contributed by atoms with E-state index in [9.17, 15) is 29.4 Å². The molecular weight excluding hydrogens is 534 g/mol. The molecule has 1 saturated heterocycles. The number of amides is 2. The first kappa shape index (κ1) is 31.4. The number of carbonyl (C=O) groups is 4. The lowest BCUT2D eigenvalue weighted by molar-refractivity contribution is -0.157. The van der Waals surface area contributed by atoms with Crippen molar-refractivity contribution in [2.75, 3.05) is 32.8 Å². The second-order valence-electron chi connectivity index (χ2n) is 10.2. The summed E-state index contributed by atoms with van der Waals surface area (Å²) in [4.78, 5) is 65.2. The molecule has 1 aliphatic heterocycles. The monoisotopic (exact) mass is 571 g/mol. The van der Waals surface area contributed by atoms with Crippen LogP contribution in [-0.2, 0) is 25.6 Å². The molecule has 1 aliphatic rings. The quantitative estimate of drug-likeness (QED) is 0.318. The van der Waals surface area contributed by atoms with Crippen LogP contribution in [0.4, 0.5) is 4.79 Å². The average molecular weight is 572 g/mol. The van der Waals surface area contributed by atoms with Crippen LogP contribution in [0.2, 0.25) is 0 Å². The summed E-state index contributed by atoms with van der Waals surface area (Å²) < 4.78 is 4.76. The molecule has 1 aromatic carbocycles. The second kappa shape index (κ2) is 14.5. The van der Waals surface area contributed by atoms with Crippen LogP contribution < -0.4 is 5.32 Å². The van der Waals surface area contributed by atoms with Crippen LogP contribution >= 0.6 is 0 Å². The van der Waals surface area contributed by atoms with E-state index >= 15 is 0 Å². The third kappa shape index (κ3) is 10.1. The molecule has 0 saturated carbocycles. The van der Waals surface area contributed by atoms with Crippen LogP contribution in [0.25, 0.3) is 11.4 Å². The molecule has 1 atom stereocenters. The Hall–Kier alpha value is -4.10. The van der Waals surface area contributed by atoms with E-state index in [1.54, 1.807) is 32.9 Å². The van der Waals surface area contributed by atoms with E-state index in [1.807, 2.05) is 18.2 Å². The minimum absolute atomic E-state index is 0.0189. The molecule has 0 spiro atoms. The van der Waals surface area contributed by atoms with Gasteiger partial charge in [-0.1, -0.05) is 30.3 Å². The van der Waals surface area contributed by atoms with Crippen molar-refractivity contribution in [3.8, 4) is 11.4 Å². The van der Waals surface area contributed by atoms with Crippen LogP contribution in [0, 0.1) is 0 Å². The zero-order valence-electron chi connectivity index (χ0n) is 23.5. The van der Waals surface area contributed by atoms with Crippen molar-refractivity contribution < 1.29 is 39.0 Å². The highest BCUT2D eigenvalue weighted by molar-refractivity contribution is 5.96. The van der Waals surface area contributed by atoms with Gasteiger partial charge in [0.1, 0.15) is 11.7 Å². The van der Waals surface area contributed by atoms with Crippen molar-refractivity contribution in [2.45, 2.75) is 58.1 Å². The summed E-state index contributed by atoms with van der Waals surface area (Å²) >= 11 is 0. The molecule has 1 fully saturated rings. The second-order valence-corrected chi connectivity index (χ2v) is 10.2. The number of carbonyl (C=O) groups excluding carboxylic acids is 3. The number of hydrogen-bond acceptors (Lipinski definition) is 10. The number of rotatable bonds is 12. The Labute approximate surface area is 238 Å². The molecule has 0 bridgehead atoms. The van der Waals surface area contributed by atoms with E-state index in [2.05, 4.69) is 15.3 Å². The molecule has 2 aromatic rings. The Bertz CT molecular complexity index is 1210. The molecule has 13 heteroatoms. The number of nitrogens with one attached hydrogen (secondary N) is 1. The fourth-order valence-electron chi connectivity index (χ4n) is 4.12. The Balaban J connectivity index is 1.78. The first-order chi connectivity index (χ1) is 19.4. The molecule has 2 heterocycles. The van der Waals surface area contributed by atoms with E-state index in [1.165, 1.54) is 16.0 Å². The van der Waals surface area contributed by atoms with Gasteiger partial charge in [0.15, 0.2) is 5.82 Å². The maximum Gasteiger partial charge on any atom is 0.527 e. The Morgan fingerprint density at radius 3 is 2.37 bits per heavy atom. The number of aromatic nitrogens is 2.